The quantitative estimate of drug-likeness (QED) is 0.705. The highest BCUT2D eigenvalue weighted by Gasteiger charge is 2.08. The van der Waals surface area contributed by atoms with Crippen LogP contribution in [0, 0.1) is 0 Å². The summed E-state index contributed by atoms with van der Waals surface area (Å²) in [7, 11) is 0. The van der Waals surface area contributed by atoms with Crippen molar-refractivity contribution in [3.63, 3.8) is 0 Å². The van der Waals surface area contributed by atoms with E-state index in [0.29, 0.717) is 5.92 Å². The molecule has 3 rings (SSSR count). The molecule has 0 saturated carbocycles. The van der Waals surface area contributed by atoms with Crippen LogP contribution in [0.4, 0.5) is 5.69 Å². The van der Waals surface area contributed by atoms with Crippen LogP contribution in [0.25, 0.3) is 10.6 Å². The average molecular weight is 297 g/mol. The van der Waals surface area contributed by atoms with Crippen LogP contribution in [0.5, 0.6) is 0 Å². The van der Waals surface area contributed by atoms with E-state index in [1.165, 1.54) is 16.0 Å². The normalized spacial score (nSPS) is 11.0. The number of rotatable bonds is 5. The van der Waals surface area contributed by atoms with Gasteiger partial charge in [0.2, 0.25) is 0 Å². The van der Waals surface area contributed by atoms with E-state index in [2.05, 4.69) is 71.1 Å². The number of nitrogens with zero attached hydrogens (tertiary/aromatic N) is 1. The topological polar surface area (TPSA) is 40.7 Å². The molecular formula is C17H19N3S. The van der Waals surface area contributed by atoms with Gasteiger partial charge in [0, 0.05) is 17.8 Å². The first-order chi connectivity index (χ1) is 10.2. The second-order valence-electron chi connectivity index (χ2n) is 5.38. The van der Waals surface area contributed by atoms with Gasteiger partial charge >= 0.3 is 0 Å². The molecule has 0 bridgehead atoms. The Morgan fingerprint density at radius 1 is 1.24 bits per heavy atom. The van der Waals surface area contributed by atoms with E-state index in [1.54, 1.807) is 11.3 Å². The van der Waals surface area contributed by atoms with E-state index >= 15 is 0 Å². The predicted octanol–water partition coefficient (Wildman–Crippen LogP) is 4.87. The minimum Gasteiger partial charge on any atom is -0.381 e. The van der Waals surface area contributed by atoms with Gasteiger partial charge in [-0.05, 0) is 35.1 Å². The maximum atomic E-state index is 4.18. The molecule has 3 aromatic rings. The number of aromatic nitrogens is 2. The first-order valence-corrected chi connectivity index (χ1v) is 8.02. The summed E-state index contributed by atoms with van der Waals surface area (Å²) in [5, 5.41) is 12.8. The van der Waals surface area contributed by atoms with Crippen molar-refractivity contribution in [3.05, 3.63) is 59.1 Å². The highest BCUT2D eigenvalue weighted by Crippen LogP contribution is 2.26. The highest BCUT2D eigenvalue weighted by atomic mass is 32.1. The fourth-order valence-electron chi connectivity index (χ4n) is 2.28. The van der Waals surface area contributed by atoms with Gasteiger partial charge in [-0.3, -0.25) is 5.10 Å². The maximum Gasteiger partial charge on any atom is 0.0799 e. The molecule has 2 aromatic heterocycles. The summed E-state index contributed by atoms with van der Waals surface area (Å²) < 4.78 is 0. The Hall–Kier alpha value is -2.07. The Kier molecular flexibility index (Phi) is 4.06. The van der Waals surface area contributed by atoms with Gasteiger partial charge < -0.3 is 5.32 Å². The zero-order valence-corrected chi connectivity index (χ0v) is 13.1. The van der Waals surface area contributed by atoms with Crippen LogP contribution in [0.3, 0.4) is 0 Å². The van der Waals surface area contributed by atoms with Crippen LogP contribution >= 0.6 is 11.3 Å². The molecule has 0 aliphatic heterocycles. The van der Waals surface area contributed by atoms with Gasteiger partial charge in [-0.1, -0.05) is 32.0 Å². The van der Waals surface area contributed by atoms with E-state index in [1.807, 2.05) is 6.20 Å². The summed E-state index contributed by atoms with van der Waals surface area (Å²) in [6.07, 6.45) is 1.90. The smallest absolute Gasteiger partial charge is 0.0799 e. The van der Waals surface area contributed by atoms with E-state index in [9.17, 15) is 0 Å². The van der Waals surface area contributed by atoms with Crippen LogP contribution in [0.15, 0.2) is 48.0 Å². The lowest BCUT2D eigenvalue weighted by molar-refractivity contribution is 0.866. The fraction of sp³-hybridized carbons (Fsp3) is 0.235. The third kappa shape index (κ3) is 3.16. The summed E-state index contributed by atoms with van der Waals surface area (Å²) in [5.74, 6) is 0.544. The van der Waals surface area contributed by atoms with Crippen molar-refractivity contribution in [2.24, 2.45) is 0 Å². The summed E-state index contributed by atoms with van der Waals surface area (Å²) in [6, 6.07) is 12.8. The molecule has 108 valence electrons. The number of H-pyrrole nitrogens is 1. The minimum atomic E-state index is 0.544. The lowest BCUT2D eigenvalue weighted by Gasteiger charge is -2.10. The van der Waals surface area contributed by atoms with E-state index in [4.69, 9.17) is 0 Å². The summed E-state index contributed by atoms with van der Waals surface area (Å²) in [5.41, 5.74) is 4.80. The monoisotopic (exact) mass is 297 g/mol. The molecule has 21 heavy (non-hydrogen) atoms. The number of anilines is 1. The van der Waals surface area contributed by atoms with Crippen molar-refractivity contribution in [2.75, 3.05) is 5.32 Å². The standard InChI is InChI=1S/C17H19N3S/c1-12(2)13-5-3-6-15(9-13)18-10-14-11-19-20-17(14)16-7-4-8-21-16/h3-9,11-12,18H,10H2,1-2H3,(H,19,20). The number of nitrogens with one attached hydrogen (secondary N) is 2. The van der Waals surface area contributed by atoms with Gasteiger partial charge in [0.05, 0.1) is 16.8 Å². The molecule has 0 radical (unpaired) electrons. The second kappa shape index (κ2) is 6.14. The molecular weight excluding hydrogens is 278 g/mol. The molecule has 1 aromatic carbocycles. The van der Waals surface area contributed by atoms with Crippen molar-refractivity contribution < 1.29 is 0 Å². The van der Waals surface area contributed by atoms with Crippen LogP contribution in [0.2, 0.25) is 0 Å². The van der Waals surface area contributed by atoms with Crippen molar-refractivity contribution in [1.82, 2.24) is 10.2 Å². The number of aromatic amines is 1. The van der Waals surface area contributed by atoms with Crippen LogP contribution in [-0.2, 0) is 6.54 Å². The Balaban J connectivity index is 1.74. The first-order valence-electron chi connectivity index (χ1n) is 7.14. The van der Waals surface area contributed by atoms with E-state index < -0.39 is 0 Å². The molecule has 2 heterocycles. The molecule has 0 amide bonds. The van der Waals surface area contributed by atoms with Gasteiger partial charge in [0.1, 0.15) is 0 Å². The zero-order chi connectivity index (χ0) is 14.7. The van der Waals surface area contributed by atoms with Crippen LogP contribution < -0.4 is 5.32 Å². The molecule has 3 nitrogen and oxygen atoms in total. The third-order valence-corrected chi connectivity index (χ3v) is 4.41. The lowest BCUT2D eigenvalue weighted by Crippen LogP contribution is -2.00. The van der Waals surface area contributed by atoms with Crippen LogP contribution in [0.1, 0.15) is 30.9 Å². The molecule has 0 saturated heterocycles. The Labute approximate surface area is 129 Å². The average Bonchev–Trinajstić information content (AvgIpc) is 3.16. The number of hydrogen-bond donors (Lipinski definition) is 2. The van der Waals surface area contributed by atoms with Gasteiger partial charge in [-0.2, -0.15) is 5.10 Å². The lowest BCUT2D eigenvalue weighted by atomic mass is 10.0. The van der Waals surface area contributed by atoms with E-state index in [-0.39, 0.29) is 0 Å². The molecule has 2 N–H and O–H groups in total. The minimum absolute atomic E-state index is 0.544. The molecule has 0 spiro atoms. The van der Waals surface area contributed by atoms with E-state index in [0.717, 1.165) is 17.9 Å². The molecule has 0 aliphatic rings. The van der Waals surface area contributed by atoms with Gasteiger partial charge in [0.25, 0.3) is 0 Å². The summed E-state index contributed by atoms with van der Waals surface area (Å²) in [4.78, 5) is 1.22. The molecule has 0 aliphatic carbocycles. The first kappa shape index (κ1) is 13.9. The fourth-order valence-corrected chi connectivity index (χ4v) is 3.04. The van der Waals surface area contributed by atoms with Gasteiger partial charge in [-0.25, -0.2) is 0 Å². The molecule has 4 heteroatoms. The second-order valence-corrected chi connectivity index (χ2v) is 6.33. The number of benzene rings is 1. The SMILES string of the molecule is CC(C)c1cccc(NCc2cn[nH]c2-c2cccs2)c1. The predicted molar refractivity (Wildman–Crippen MR) is 89.8 cm³/mol. The molecule has 0 unspecified atom stereocenters. The molecule has 0 atom stereocenters. The maximum absolute atomic E-state index is 4.18. The third-order valence-electron chi connectivity index (χ3n) is 3.52. The largest absolute Gasteiger partial charge is 0.381 e. The Bertz CT molecular complexity index is 698. The van der Waals surface area contributed by atoms with Crippen molar-refractivity contribution in [3.8, 4) is 10.6 Å². The summed E-state index contributed by atoms with van der Waals surface area (Å²) in [6.45, 7) is 5.19. The number of thiophene rings is 1. The van der Waals surface area contributed by atoms with Gasteiger partial charge in [-0.15, -0.1) is 11.3 Å². The molecule has 0 fully saturated rings. The Morgan fingerprint density at radius 3 is 2.90 bits per heavy atom. The van der Waals surface area contributed by atoms with Gasteiger partial charge in [0.15, 0.2) is 0 Å². The summed E-state index contributed by atoms with van der Waals surface area (Å²) >= 11 is 1.72. The highest BCUT2D eigenvalue weighted by molar-refractivity contribution is 7.13. The zero-order valence-electron chi connectivity index (χ0n) is 12.3. The van der Waals surface area contributed by atoms with Crippen molar-refractivity contribution in [1.29, 1.82) is 0 Å². The van der Waals surface area contributed by atoms with Crippen LogP contribution in [-0.4, -0.2) is 10.2 Å². The number of hydrogen-bond acceptors (Lipinski definition) is 3. The van der Waals surface area contributed by atoms with Crippen molar-refractivity contribution in [2.45, 2.75) is 26.3 Å². The van der Waals surface area contributed by atoms with Crippen molar-refractivity contribution >= 4 is 17.0 Å². The Morgan fingerprint density at radius 2 is 2.14 bits per heavy atom.